The van der Waals surface area contributed by atoms with Gasteiger partial charge in [-0.3, -0.25) is 0 Å². The molecule has 0 aromatic carbocycles. The van der Waals surface area contributed by atoms with Crippen LogP contribution in [0.25, 0.3) is 0 Å². The first-order chi connectivity index (χ1) is 8.79. The zero-order chi connectivity index (χ0) is 12.8. The van der Waals surface area contributed by atoms with E-state index in [1.165, 1.54) is 0 Å². The van der Waals surface area contributed by atoms with Gasteiger partial charge >= 0.3 is 0 Å². The number of nitrogens with zero attached hydrogens (tertiary/aromatic N) is 3. The molecule has 0 bridgehead atoms. The Kier molecular flexibility index (Phi) is 4.75. The van der Waals surface area contributed by atoms with Crippen molar-refractivity contribution in [2.45, 2.75) is 32.2 Å². The van der Waals surface area contributed by atoms with Crippen LogP contribution in [-0.2, 0) is 0 Å². The predicted molar refractivity (Wildman–Crippen MR) is 75.1 cm³/mol. The van der Waals surface area contributed by atoms with Crippen molar-refractivity contribution in [3.63, 3.8) is 0 Å². The molecule has 18 heavy (non-hydrogen) atoms. The standard InChI is InChI=1S/C13H23N5/c1-3-8-18(2)13-9-12(15-10-16-13)17-11-4-6-14-7-5-11/h9-11,14H,3-8H2,1-2H3,(H,15,16,17). The van der Waals surface area contributed by atoms with E-state index in [9.17, 15) is 0 Å². The summed E-state index contributed by atoms with van der Waals surface area (Å²) in [6, 6.07) is 2.57. The van der Waals surface area contributed by atoms with Gasteiger partial charge in [-0.05, 0) is 32.4 Å². The molecule has 1 aromatic heterocycles. The van der Waals surface area contributed by atoms with Crippen LogP contribution in [0, 0.1) is 0 Å². The maximum atomic E-state index is 4.31. The molecule has 0 atom stereocenters. The summed E-state index contributed by atoms with van der Waals surface area (Å²) in [5, 5.41) is 6.87. The summed E-state index contributed by atoms with van der Waals surface area (Å²) < 4.78 is 0. The summed E-state index contributed by atoms with van der Waals surface area (Å²) in [6.45, 7) is 5.37. The summed E-state index contributed by atoms with van der Waals surface area (Å²) in [5.74, 6) is 1.93. The molecule has 1 aliphatic rings. The minimum absolute atomic E-state index is 0.533. The van der Waals surface area contributed by atoms with Crippen LogP contribution in [0.5, 0.6) is 0 Å². The fraction of sp³-hybridized carbons (Fsp3) is 0.692. The molecule has 100 valence electrons. The zero-order valence-electron chi connectivity index (χ0n) is 11.3. The lowest BCUT2D eigenvalue weighted by Crippen LogP contribution is -2.35. The summed E-state index contributed by atoms with van der Waals surface area (Å²) in [5.41, 5.74) is 0. The molecule has 5 heteroatoms. The average molecular weight is 249 g/mol. The second-order valence-electron chi connectivity index (χ2n) is 4.85. The number of nitrogens with one attached hydrogen (secondary N) is 2. The molecule has 1 aromatic rings. The van der Waals surface area contributed by atoms with Crippen molar-refractivity contribution in [3.05, 3.63) is 12.4 Å². The molecule has 0 spiro atoms. The van der Waals surface area contributed by atoms with Crippen LogP contribution in [0.4, 0.5) is 11.6 Å². The fourth-order valence-electron chi connectivity index (χ4n) is 2.26. The van der Waals surface area contributed by atoms with Gasteiger partial charge in [0.05, 0.1) is 0 Å². The Morgan fingerprint density at radius 2 is 2.17 bits per heavy atom. The number of hydrogen-bond acceptors (Lipinski definition) is 5. The highest BCUT2D eigenvalue weighted by atomic mass is 15.2. The van der Waals surface area contributed by atoms with Crippen LogP contribution >= 0.6 is 0 Å². The van der Waals surface area contributed by atoms with Crippen LogP contribution in [-0.4, -0.2) is 42.7 Å². The van der Waals surface area contributed by atoms with E-state index in [0.29, 0.717) is 6.04 Å². The van der Waals surface area contributed by atoms with E-state index >= 15 is 0 Å². The number of anilines is 2. The lowest BCUT2D eigenvalue weighted by Gasteiger charge is -2.24. The second kappa shape index (κ2) is 6.54. The molecule has 1 fully saturated rings. The molecule has 5 nitrogen and oxygen atoms in total. The molecule has 2 rings (SSSR count). The summed E-state index contributed by atoms with van der Waals surface area (Å²) in [7, 11) is 2.07. The van der Waals surface area contributed by atoms with Crippen molar-refractivity contribution in [1.29, 1.82) is 0 Å². The Bertz CT molecular complexity index is 362. The SMILES string of the molecule is CCCN(C)c1cc(NC2CCNCC2)ncn1. The highest BCUT2D eigenvalue weighted by molar-refractivity contribution is 5.48. The summed E-state index contributed by atoms with van der Waals surface area (Å²) in [6.07, 6.45) is 5.08. The van der Waals surface area contributed by atoms with Gasteiger partial charge < -0.3 is 15.5 Å². The van der Waals surface area contributed by atoms with Gasteiger partial charge in [0.15, 0.2) is 0 Å². The highest BCUT2D eigenvalue weighted by Gasteiger charge is 2.13. The third-order valence-corrected chi connectivity index (χ3v) is 3.29. The van der Waals surface area contributed by atoms with Crippen LogP contribution in [0.2, 0.25) is 0 Å². The topological polar surface area (TPSA) is 53.1 Å². The first-order valence-corrected chi connectivity index (χ1v) is 6.80. The predicted octanol–water partition coefficient (Wildman–Crippen LogP) is 1.49. The van der Waals surface area contributed by atoms with Gasteiger partial charge in [0.1, 0.15) is 18.0 Å². The average Bonchev–Trinajstić information content (AvgIpc) is 2.40. The molecular weight excluding hydrogens is 226 g/mol. The van der Waals surface area contributed by atoms with Crippen molar-refractivity contribution in [2.24, 2.45) is 0 Å². The first-order valence-electron chi connectivity index (χ1n) is 6.80. The Morgan fingerprint density at radius 3 is 2.89 bits per heavy atom. The van der Waals surface area contributed by atoms with Gasteiger partial charge in [-0.2, -0.15) is 0 Å². The van der Waals surface area contributed by atoms with Crippen molar-refractivity contribution < 1.29 is 0 Å². The minimum Gasteiger partial charge on any atom is -0.367 e. The molecule has 2 heterocycles. The number of hydrogen-bond donors (Lipinski definition) is 2. The Morgan fingerprint density at radius 1 is 1.39 bits per heavy atom. The molecule has 0 aliphatic carbocycles. The monoisotopic (exact) mass is 249 g/mol. The van der Waals surface area contributed by atoms with E-state index in [1.54, 1.807) is 6.33 Å². The van der Waals surface area contributed by atoms with E-state index in [-0.39, 0.29) is 0 Å². The number of piperidine rings is 1. The van der Waals surface area contributed by atoms with Crippen molar-refractivity contribution in [1.82, 2.24) is 15.3 Å². The number of aromatic nitrogens is 2. The number of rotatable bonds is 5. The Balaban J connectivity index is 1.97. The molecule has 0 saturated carbocycles. The van der Waals surface area contributed by atoms with Gasteiger partial charge in [0.25, 0.3) is 0 Å². The largest absolute Gasteiger partial charge is 0.367 e. The highest BCUT2D eigenvalue weighted by Crippen LogP contribution is 2.15. The van der Waals surface area contributed by atoms with Crippen LogP contribution in [0.15, 0.2) is 12.4 Å². The maximum absolute atomic E-state index is 4.31. The lowest BCUT2D eigenvalue weighted by atomic mass is 10.1. The van der Waals surface area contributed by atoms with Crippen LogP contribution in [0.1, 0.15) is 26.2 Å². The van der Waals surface area contributed by atoms with Crippen LogP contribution < -0.4 is 15.5 Å². The van der Waals surface area contributed by atoms with Gasteiger partial charge in [0.2, 0.25) is 0 Å². The third kappa shape index (κ3) is 3.57. The molecule has 0 unspecified atom stereocenters. The molecule has 1 aliphatic heterocycles. The fourth-order valence-corrected chi connectivity index (χ4v) is 2.26. The van der Waals surface area contributed by atoms with Crippen molar-refractivity contribution >= 4 is 11.6 Å². The molecule has 1 saturated heterocycles. The van der Waals surface area contributed by atoms with Gasteiger partial charge in [0, 0.05) is 25.7 Å². The van der Waals surface area contributed by atoms with E-state index in [1.807, 2.05) is 6.07 Å². The van der Waals surface area contributed by atoms with Crippen molar-refractivity contribution in [2.75, 3.05) is 36.9 Å². The van der Waals surface area contributed by atoms with Gasteiger partial charge in [-0.1, -0.05) is 6.92 Å². The van der Waals surface area contributed by atoms with E-state index in [2.05, 4.69) is 39.5 Å². The minimum atomic E-state index is 0.533. The van der Waals surface area contributed by atoms with Crippen LogP contribution in [0.3, 0.4) is 0 Å². The third-order valence-electron chi connectivity index (χ3n) is 3.29. The van der Waals surface area contributed by atoms with E-state index < -0.39 is 0 Å². The maximum Gasteiger partial charge on any atom is 0.133 e. The quantitative estimate of drug-likeness (QED) is 0.828. The Labute approximate surface area is 109 Å². The van der Waals surface area contributed by atoms with E-state index in [4.69, 9.17) is 0 Å². The molecule has 2 N–H and O–H groups in total. The molecule has 0 radical (unpaired) electrons. The smallest absolute Gasteiger partial charge is 0.133 e. The Hall–Kier alpha value is -1.36. The lowest BCUT2D eigenvalue weighted by molar-refractivity contribution is 0.478. The van der Waals surface area contributed by atoms with Gasteiger partial charge in [-0.25, -0.2) is 9.97 Å². The molecule has 0 amide bonds. The summed E-state index contributed by atoms with van der Waals surface area (Å²) >= 11 is 0. The normalized spacial score (nSPS) is 16.6. The van der Waals surface area contributed by atoms with Gasteiger partial charge in [-0.15, -0.1) is 0 Å². The van der Waals surface area contributed by atoms with Crippen molar-refractivity contribution in [3.8, 4) is 0 Å². The summed E-state index contributed by atoms with van der Waals surface area (Å²) in [4.78, 5) is 10.8. The van der Waals surface area contributed by atoms with E-state index in [0.717, 1.165) is 50.5 Å². The first kappa shape index (κ1) is 13.1. The zero-order valence-corrected chi connectivity index (χ0v) is 11.3. The second-order valence-corrected chi connectivity index (χ2v) is 4.85. The molecular formula is C13H23N5.